The zero-order valence-corrected chi connectivity index (χ0v) is 13.2. The molecule has 4 heteroatoms. The lowest BCUT2D eigenvalue weighted by Crippen LogP contribution is -2.53. The van der Waals surface area contributed by atoms with Gasteiger partial charge < -0.3 is 10.4 Å². The number of aliphatic carboxylic acids is 1. The van der Waals surface area contributed by atoms with Crippen LogP contribution in [0.2, 0.25) is 0 Å². The molecule has 116 valence electrons. The monoisotopic (exact) mass is 282 g/mol. The lowest BCUT2D eigenvalue weighted by atomic mass is 9.92. The molecule has 0 aromatic carbocycles. The van der Waals surface area contributed by atoms with Gasteiger partial charge in [-0.2, -0.15) is 0 Å². The van der Waals surface area contributed by atoms with Crippen molar-refractivity contribution in [2.75, 3.05) is 13.1 Å². The van der Waals surface area contributed by atoms with E-state index in [-0.39, 0.29) is 0 Å². The molecule has 0 bridgehead atoms. The summed E-state index contributed by atoms with van der Waals surface area (Å²) in [6.45, 7) is 8.63. The van der Waals surface area contributed by atoms with E-state index >= 15 is 0 Å². The van der Waals surface area contributed by atoms with E-state index in [2.05, 4.69) is 31.0 Å². The summed E-state index contributed by atoms with van der Waals surface area (Å²) in [6.07, 6.45) is 6.09. The third-order valence-corrected chi connectivity index (χ3v) is 5.25. The molecule has 2 rings (SSSR count). The van der Waals surface area contributed by atoms with Crippen LogP contribution in [0.1, 0.15) is 59.3 Å². The number of carboxylic acid groups (broad SMARTS) is 1. The Morgan fingerprint density at radius 2 is 2.10 bits per heavy atom. The maximum atomic E-state index is 11.7. The van der Waals surface area contributed by atoms with Crippen LogP contribution < -0.4 is 5.32 Å². The second-order valence-electron chi connectivity index (χ2n) is 6.94. The van der Waals surface area contributed by atoms with Gasteiger partial charge in [0, 0.05) is 18.6 Å². The normalized spacial score (nSPS) is 39.0. The Balaban J connectivity index is 2.03. The van der Waals surface area contributed by atoms with Crippen molar-refractivity contribution in [3.8, 4) is 0 Å². The third kappa shape index (κ3) is 3.17. The first kappa shape index (κ1) is 15.8. The molecule has 1 aliphatic carbocycles. The average molecular weight is 282 g/mol. The summed E-state index contributed by atoms with van der Waals surface area (Å²) in [5.41, 5.74) is -0.679. The number of likely N-dealkylation sites (tertiary alicyclic amines) is 1. The molecule has 2 fully saturated rings. The van der Waals surface area contributed by atoms with E-state index in [4.69, 9.17) is 0 Å². The van der Waals surface area contributed by atoms with E-state index in [1.165, 1.54) is 12.8 Å². The van der Waals surface area contributed by atoms with E-state index in [1.807, 2.05) is 0 Å². The fourth-order valence-corrected chi connectivity index (χ4v) is 3.93. The molecule has 1 aliphatic heterocycles. The first-order chi connectivity index (χ1) is 9.48. The van der Waals surface area contributed by atoms with Gasteiger partial charge in [-0.3, -0.25) is 9.69 Å². The maximum absolute atomic E-state index is 11.7. The van der Waals surface area contributed by atoms with Crippen LogP contribution in [0.5, 0.6) is 0 Å². The summed E-state index contributed by atoms with van der Waals surface area (Å²) >= 11 is 0. The number of carboxylic acids is 1. The standard InChI is InChI=1S/C16H30N2O2/c1-4-9-17-16(15(19)20)8-7-14(10-16)18-11-12(2)5-6-13(18)3/h12-14,17H,4-11H2,1-3H3,(H,19,20). The predicted octanol–water partition coefficient (Wildman–Crippen LogP) is 2.48. The van der Waals surface area contributed by atoms with Gasteiger partial charge in [-0.15, -0.1) is 0 Å². The van der Waals surface area contributed by atoms with Crippen molar-refractivity contribution < 1.29 is 9.90 Å². The molecule has 2 aliphatic rings. The molecule has 4 unspecified atom stereocenters. The van der Waals surface area contributed by atoms with E-state index in [9.17, 15) is 9.90 Å². The van der Waals surface area contributed by atoms with E-state index in [0.29, 0.717) is 12.1 Å². The Hall–Kier alpha value is -0.610. The number of hydrogen-bond acceptors (Lipinski definition) is 3. The number of nitrogens with one attached hydrogen (secondary N) is 1. The minimum absolute atomic E-state index is 0.438. The summed E-state index contributed by atoms with van der Waals surface area (Å²) < 4.78 is 0. The van der Waals surface area contributed by atoms with E-state index in [0.717, 1.165) is 44.7 Å². The topological polar surface area (TPSA) is 52.6 Å². The van der Waals surface area contributed by atoms with Crippen LogP contribution >= 0.6 is 0 Å². The molecule has 4 atom stereocenters. The predicted molar refractivity (Wildman–Crippen MR) is 80.9 cm³/mol. The van der Waals surface area contributed by atoms with Crippen molar-refractivity contribution in [2.24, 2.45) is 5.92 Å². The lowest BCUT2D eigenvalue weighted by molar-refractivity contribution is -0.144. The Bertz CT molecular complexity index is 347. The van der Waals surface area contributed by atoms with Crippen LogP contribution in [-0.4, -0.2) is 46.7 Å². The van der Waals surface area contributed by atoms with Crippen LogP contribution in [0.4, 0.5) is 0 Å². The third-order valence-electron chi connectivity index (χ3n) is 5.25. The first-order valence-electron chi connectivity index (χ1n) is 8.22. The Morgan fingerprint density at radius 1 is 1.35 bits per heavy atom. The van der Waals surface area contributed by atoms with Gasteiger partial charge >= 0.3 is 5.97 Å². The highest BCUT2D eigenvalue weighted by Crippen LogP contribution is 2.37. The van der Waals surface area contributed by atoms with E-state index < -0.39 is 11.5 Å². The van der Waals surface area contributed by atoms with Crippen LogP contribution in [0.15, 0.2) is 0 Å². The van der Waals surface area contributed by atoms with Crippen molar-refractivity contribution in [1.29, 1.82) is 0 Å². The van der Waals surface area contributed by atoms with Gasteiger partial charge in [0.2, 0.25) is 0 Å². The Labute approximate surface area is 122 Å². The largest absolute Gasteiger partial charge is 0.480 e. The van der Waals surface area contributed by atoms with Gasteiger partial charge in [-0.1, -0.05) is 13.8 Å². The highest BCUT2D eigenvalue weighted by Gasteiger charge is 2.47. The first-order valence-corrected chi connectivity index (χ1v) is 8.22. The fourth-order valence-electron chi connectivity index (χ4n) is 3.93. The van der Waals surface area contributed by atoms with E-state index in [1.54, 1.807) is 0 Å². The molecule has 1 heterocycles. The molecule has 0 aromatic heterocycles. The van der Waals surface area contributed by atoms with Gasteiger partial charge in [0.05, 0.1) is 0 Å². The molecular formula is C16H30N2O2. The summed E-state index contributed by atoms with van der Waals surface area (Å²) in [4.78, 5) is 14.3. The fraction of sp³-hybridized carbons (Fsp3) is 0.938. The average Bonchev–Trinajstić information content (AvgIpc) is 2.85. The summed E-state index contributed by atoms with van der Waals surface area (Å²) in [5, 5.41) is 13.0. The molecule has 0 aromatic rings. The highest BCUT2D eigenvalue weighted by molar-refractivity contribution is 5.79. The Kier molecular flexibility index (Phi) is 5.08. The molecule has 2 N–H and O–H groups in total. The molecule has 4 nitrogen and oxygen atoms in total. The lowest BCUT2D eigenvalue weighted by Gasteiger charge is -2.41. The highest BCUT2D eigenvalue weighted by atomic mass is 16.4. The van der Waals surface area contributed by atoms with Gasteiger partial charge in [0.15, 0.2) is 0 Å². The molecular weight excluding hydrogens is 252 g/mol. The SMILES string of the molecule is CCCNC1(C(=O)O)CCC(N2CC(C)CCC2C)C1. The number of piperidine rings is 1. The van der Waals surface area contributed by atoms with Crippen LogP contribution in [0.3, 0.4) is 0 Å². The summed E-state index contributed by atoms with van der Waals surface area (Å²) in [7, 11) is 0. The number of carbonyl (C=O) groups is 1. The van der Waals surface area contributed by atoms with Crippen molar-refractivity contribution in [3.63, 3.8) is 0 Å². The van der Waals surface area contributed by atoms with Crippen molar-refractivity contribution in [1.82, 2.24) is 10.2 Å². The molecule has 0 spiro atoms. The van der Waals surface area contributed by atoms with Crippen molar-refractivity contribution in [2.45, 2.75) is 76.9 Å². The maximum Gasteiger partial charge on any atom is 0.323 e. The second-order valence-corrected chi connectivity index (χ2v) is 6.94. The van der Waals surface area contributed by atoms with Crippen LogP contribution in [-0.2, 0) is 4.79 Å². The molecule has 0 radical (unpaired) electrons. The van der Waals surface area contributed by atoms with Crippen molar-refractivity contribution >= 4 is 5.97 Å². The van der Waals surface area contributed by atoms with Crippen molar-refractivity contribution in [3.05, 3.63) is 0 Å². The number of hydrogen-bond donors (Lipinski definition) is 2. The summed E-state index contributed by atoms with van der Waals surface area (Å²) in [5.74, 6) is 0.0841. The zero-order valence-electron chi connectivity index (χ0n) is 13.2. The van der Waals surface area contributed by atoms with Crippen LogP contribution in [0, 0.1) is 5.92 Å². The molecule has 20 heavy (non-hydrogen) atoms. The van der Waals surface area contributed by atoms with Gasteiger partial charge in [-0.05, 0) is 57.9 Å². The molecule has 1 saturated heterocycles. The Morgan fingerprint density at radius 3 is 2.75 bits per heavy atom. The van der Waals surface area contributed by atoms with Gasteiger partial charge in [0.1, 0.15) is 5.54 Å². The quantitative estimate of drug-likeness (QED) is 0.813. The number of nitrogens with zero attached hydrogens (tertiary/aromatic N) is 1. The molecule has 0 amide bonds. The number of rotatable bonds is 5. The van der Waals surface area contributed by atoms with Gasteiger partial charge in [-0.25, -0.2) is 0 Å². The second kappa shape index (κ2) is 6.44. The van der Waals surface area contributed by atoms with Gasteiger partial charge in [0.25, 0.3) is 0 Å². The minimum atomic E-state index is -0.679. The minimum Gasteiger partial charge on any atom is -0.480 e. The van der Waals surface area contributed by atoms with Crippen LogP contribution in [0.25, 0.3) is 0 Å². The molecule has 1 saturated carbocycles. The zero-order chi connectivity index (χ0) is 14.8. The summed E-state index contributed by atoms with van der Waals surface area (Å²) in [6, 6.07) is 1.04. The smallest absolute Gasteiger partial charge is 0.323 e.